The van der Waals surface area contributed by atoms with Crippen molar-refractivity contribution in [3.8, 4) is 11.8 Å². The maximum atomic E-state index is 5.85. The van der Waals surface area contributed by atoms with Gasteiger partial charge in [-0.05, 0) is 18.6 Å². The van der Waals surface area contributed by atoms with Crippen LogP contribution in [-0.4, -0.2) is 23.7 Å². The summed E-state index contributed by atoms with van der Waals surface area (Å²) in [5.41, 5.74) is 6.57. The SMILES string of the molecule is CCCOc1nc(N)c2ccc(OC)cc2n1. The molecule has 5 nitrogen and oxygen atoms in total. The Labute approximate surface area is 99.6 Å². The Morgan fingerprint density at radius 1 is 1.29 bits per heavy atom. The highest BCUT2D eigenvalue weighted by Gasteiger charge is 2.06. The summed E-state index contributed by atoms with van der Waals surface area (Å²) in [6.45, 7) is 2.60. The standard InChI is InChI=1S/C12H15N3O2/c1-3-6-17-12-14-10-7-8(16-2)4-5-9(10)11(13)15-12/h4-5,7H,3,6H2,1-2H3,(H2,13,14,15). The van der Waals surface area contributed by atoms with E-state index in [2.05, 4.69) is 9.97 Å². The van der Waals surface area contributed by atoms with E-state index in [-0.39, 0.29) is 0 Å². The fraction of sp³-hybridized carbons (Fsp3) is 0.333. The second-order valence-corrected chi connectivity index (χ2v) is 3.62. The van der Waals surface area contributed by atoms with E-state index in [1.165, 1.54) is 0 Å². The predicted molar refractivity (Wildman–Crippen MR) is 66.3 cm³/mol. The molecule has 0 unspecified atom stereocenters. The Balaban J connectivity index is 2.46. The van der Waals surface area contributed by atoms with E-state index in [4.69, 9.17) is 15.2 Å². The highest BCUT2D eigenvalue weighted by atomic mass is 16.5. The molecule has 2 N–H and O–H groups in total. The first-order valence-corrected chi connectivity index (χ1v) is 5.48. The van der Waals surface area contributed by atoms with Gasteiger partial charge in [0.05, 0.1) is 19.2 Å². The van der Waals surface area contributed by atoms with Crippen LogP contribution in [0.3, 0.4) is 0 Å². The smallest absolute Gasteiger partial charge is 0.318 e. The molecule has 90 valence electrons. The third-order valence-electron chi connectivity index (χ3n) is 2.35. The van der Waals surface area contributed by atoms with E-state index in [1.807, 2.05) is 25.1 Å². The number of ether oxygens (including phenoxy) is 2. The summed E-state index contributed by atoms with van der Waals surface area (Å²) in [7, 11) is 1.61. The van der Waals surface area contributed by atoms with Crippen LogP contribution in [0.25, 0.3) is 10.9 Å². The van der Waals surface area contributed by atoms with Crippen LogP contribution in [0.2, 0.25) is 0 Å². The van der Waals surface area contributed by atoms with Gasteiger partial charge in [0.25, 0.3) is 0 Å². The number of anilines is 1. The molecule has 0 aliphatic carbocycles. The minimum absolute atomic E-state index is 0.310. The third-order valence-corrected chi connectivity index (χ3v) is 2.35. The number of nitrogen functional groups attached to an aromatic ring is 1. The summed E-state index contributed by atoms with van der Waals surface area (Å²) in [6.07, 6.45) is 0.902. The van der Waals surface area contributed by atoms with Crippen LogP contribution in [0, 0.1) is 0 Å². The van der Waals surface area contributed by atoms with Gasteiger partial charge in [-0.1, -0.05) is 6.92 Å². The molecule has 1 heterocycles. The number of rotatable bonds is 4. The van der Waals surface area contributed by atoms with Gasteiger partial charge in [-0.15, -0.1) is 0 Å². The first-order chi connectivity index (χ1) is 8.24. The van der Waals surface area contributed by atoms with Gasteiger partial charge in [-0.2, -0.15) is 9.97 Å². The van der Waals surface area contributed by atoms with Gasteiger partial charge in [0.15, 0.2) is 0 Å². The molecule has 2 aromatic rings. The number of nitrogens with zero attached hydrogens (tertiary/aromatic N) is 2. The first-order valence-electron chi connectivity index (χ1n) is 5.48. The van der Waals surface area contributed by atoms with Crippen LogP contribution >= 0.6 is 0 Å². The summed E-state index contributed by atoms with van der Waals surface area (Å²) in [5, 5.41) is 0.801. The van der Waals surface area contributed by atoms with Crippen molar-refractivity contribution in [2.75, 3.05) is 19.5 Å². The molecule has 1 aromatic heterocycles. The molecule has 17 heavy (non-hydrogen) atoms. The maximum Gasteiger partial charge on any atom is 0.318 e. The molecule has 0 amide bonds. The zero-order chi connectivity index (χ0) is 12.3. The molecule has 0 fully saturated rings. The van der Waals surface area contributed by atoms with Crippen LogP contribution in [0.15, 0.2) is 18.2 Å². The van der Waals surface area contributed by atoms with Gasteiger partial charge in [-0.3, -0.25) is 0 Å². The van der Waals surface area contributed by atoms with Crippen molar-refractivity contribution < 1.29 is 9.47 Å². The first kappa shape index (κ1) is 11.4. The van der Waals surface area contributed by atoms with Crippen molar-refractivity contribution in [1.82, 2.24) is 9.97 Å². The van der Waals surface area contributed by atoms with Crippen molar-refractivity contribution in [2.45, 2.75) is 13.3 Å². The molecule has 5 heteroatoms. The number of methoxy groups -OCH3 is 1. The Kier molecular flexibility index (Phi) is 3.27. The zero-order valence-electron chi connectivity index (χ0n) is 9.93. The molecular formula is C12H15N3O2. The predicted octanol–water partition coefficient (Wildman–Crippen LogP) is 2.01. The Bertz CT molecular complexity index is 528. The minimum Gasteiger partial charge on any atom is -0.497 e. The summed E-state index contributed by atoms with van der Waals surface area (Å²) >= 11 is 0. The number of fused-ring (bicyclic) bond motifs is 1. The number of hydrogen-bond donors (Lipinski definition) is 1. The lowest BCUT2D eigenvalue weighted by Gasteiger charge is -2.07. The molecule has 0 aliphatic heterocycles. The van der Waals surface area contributed by atoms with Crippen LogP contribution in [0.5, 0.6) is 11.8 Å². The van der Waals surface area contributed by atoms with Crippen LogP contribution < -0.4 is 15.2 Å². The summed E-state index contributed by atoms with van der Waals surface area (Å²) in [5.74, 6) is 1.15. The molecule has 2 rings (SSSR count). The number of nitrogens with two attached hydrogens (primary N) is 1. The molecule has 0 radical (unpaired) electrons. The molecule has 0 saturated carbocycles. The summed E-state index contributed by atoms with van der Waals surface area (Å²) < 4.78 is 10.5. The van der Waals surface area contributed by atoms with Gasteiger partial charge in [0.1, 0.15) is 11.6 Å². The Morgan fingerprint density at radius 2 is 2.12 bits per heavy atom. The van der Waals surface area contributed by atoms with Crippen molar-refractivity contribution in [1.29, 1.82) is 0 Å². The van der Waals surface area contributed by atoms with Gasteiger partial charge < -0.3 is 15.2 Å². The monoisotopic (exact) mass is 233 g/mol. The number of aromatic nitrogens is 2. The third kappa shape index (κ3) is 2.38. The number of benzene rings is 1. The van der Waals surface area contributed by atoms with Gasteiger partial charge in [0.2, 0.25) is 0 Å². The topological polar surface area (TPSA) is 70.3 Å². The minimum atomic E-state index is 0.310. The molecule has 1 aromatic carbocycles. The van der Waals surface area contributed by atoms with E-state index < -0.39 is 0 Å². The van der Waals surface area contributed by atoms with Crippen LogP contribution in [-0.2, 0) is 0 Å². The fourth-order valence-electron chi connectivity index (χ4n) is 1.50. The molecule has 0 aliphatic rings. The highest BCUT2D eigenvalue weighted by molar-refractivity contribution is 5.89. The second kappa shape index (κ2) is 4.86. The highest BCUT2D eigenvalue weighted by Crippen LogP contribution is 2.24. The van der Waals surface area contributed by atoms with Crippen LogP contribution in [0.1, 0.15) is 13.3 Å². The van der Waals surface area contributed by atoms with Crippen molar-refractivity contribution in [2.24, 2.45) is 0 Å². The number of hydrogen-bond acceptors (Lipinski definition) is 5. The summed E-state index contributed by atoms with van der Waals surface area (Å²) in [6, 6.07) is 5.79. The van der Waals surface area contributed by atoms with Crippen LogP contribution in [0.4, 0.5) is 5.82 Å². The lowest BCUT2D eigenvalue weighted by molar-refractivity contribution is 0.294. The molecular weight excluding hydrogens is 218 g/mol. The Morgan fingerprint density at radius 3 is 2.82 bits per heavy atom. The quantitative estimate of drug-likeness (QED) is 0.874. The van der Waals surface area contributed by atoms with E-state index in [0.29, 0.717) is 18.4 Å². The molecule has 0 saturated heterocycles. The lowest BCUT2D eigenvalue weighted by Crippen LogP contribution is -2.03. The summed E-state index contributed by atoms with van der Waals surface area (Å²) in [4.78, 5) is 8.39. The van der Waals surface area contributed by atoms with Crippen molar-refractivity contribution >= 4 is 16.7 Å². The largest absolute Gasteiger partial charge is 0.497 e. The lowest BCUT2D eigenvalue weighted by atomic mass is 10.2. The van der Waals surface area contributed by atoms with Gasteiger partial charge in [0, 0.05) is 11.5 Å². The van der Waals surface area contributed by atoms with Gasteiger partial charge >= 0.3 is 6.01 Å². The Hall–Kier alpha value is -2.04. The van der Waals surface area contributed by atoms with Crippen molar-refractivity contribution in [3.05, 3.63) is 18.2 Å². The average Bonchev–Trinajstić information content (AvgIpc) is 2.35. The molecule has 0 spiro atoms. The fourth-order valence-corrected chi connectivity index (χ4v) is 1.50. The average molecular weight is 233 g/mol. The normalized spacial score (nSPS) is 10.5. The second-order valence-electron chi connectivity index (χ2n) is 3.62. The van der Waals surface area contributed by atoms with E-state index in [9.17, 15) is 0 Å². The van der Waals surface area contributed by atoms with Gasteiger partial charge in [-0.25, -0.2) is 0 Å². The molecule has 0 bridgehead atoms. The van der Waals surface area contributed by atoms with E-state index in [0.717, 1.165) is 23.1 Å². The van der Waals surface area contributed by atoms with Crippen molar-refractivity contribution in [3.63, 3.8) is 0 Å². The molecule has 0 atom stereocenters. The van der Waals surface area contributed by atoms with E-state index >= 15 is 0 Å². The maximum absolute atomic E-state index is 5.85. The van der Waals surface area contributed by atoms with E-state index in [1.54, 1.807) is 7.11 Å². The zero-order valence-corrected chi connectivity index (χ0v) is 9.93.